The molecule has 1 heterocycles. The number of rotatable bonds is 7. The lowest BCUT2D eigenvalue weighted by Gasteiger charge is -2.26. The van der Waals surface area contributed by atoms with E-state index in [-0.39, 0.29) is 0 Å². The van der Waals surface area contributed by atoms with E-state index in [1.807, 2.05) is 0 Å². The topological polar surface area (TPSA) is 8.17 Å². The molecule has 2 heteroatoms. The van der Waals surface area contributed by atoms with Gasteiger partial charge in [-0.05, 0) is 105 Å². The van der Waals surface area contributed by atoms with Crippen LogP contribution in [0.15, 0.2) is 206 Å². The highest BCUT2D eigenvalue weighted by molar-refractivity contribution is 6.26. The van der Waals surface area contributed by atoms with Crippen molar-refractivity contribution in [1.29, 1.82) is 0 Å². The van der Waals surface area contributed by atoms with Gasteiger partial charge in [0.25, 0.3) is 0 Å². The average molecular weight is 663 g/mol. The van der Waals surface area contributed by atoms with E-state index < -0.39 is 0 Å². The van der Waals surface area contributed by atoms with Crippen molar-refractivity contribution in [2.24, 2.45) is 0 Å². The van der Waals surface area contributed by atoms with Gasteiger partial charge in [0.1, 0.15) is 0 Å². The Morgan fingerprint density at radius 3 is 1.35 bits per heavy atom. The van der Waals surface area contributed by atoms with Gasteiger partial charge in [0.2, 0.25) is 0 Å². The van der Waals surface area contributed by atoms with E-state index in [1.165, 1.54) is 71.6 Å². The van der Waals surface area contributed by atoms with Crippen molar-refractivity contribution in [2.45, 2.75) is 0 Å². The Morgan fingerprint density at radius 1 is 0.308 bits per heavy atom. The molecule has 10 rings (SSSR count). The van der Waals surface area contributed by atoms with Gasteiger partial charge < -0.3 is 9.47 Å². The second kappa shape index (κ2) is 12.5. The molecule has 2 nitrogen and oxygen atoms in total. The smallest absolute Gasteiger partial charge is 0.0547 e. The van der Waals surface area contributed by atoms with Gasteiger partial charge in [-0.25, -0.2) is 0 Å². The van der Waals surface area contributed by atoms with Crippen LogP contribution in [0, 0.1) is 0 Å². The minimum atomic E-state index is 1.11. The zero-order chi connectivity index (χ0) is 34.4. The summed E-state index contributed by atoms with van der Waals surface area (Å²) in [6.45, 7) is 0. The Bertz CT molecular complexity index is 2700. The predicted octanol–water partition coefficient (Wildman–Crippen LogP) is 13.8. The Labute approximate surface area is 303 Å². The lowest BCUT2D eigenvalue weighted by Crippen LogP contribution is -2.09. The van der Waals surface area contributed by atoms with Crippen LogP contribution in [0.5, 0.6) is 0 Å². The van der Waals surface area contributed by atoms with Crippen molar-refractivity contribution in [3.63, 3.8) is 0 Å². The molecular formula is C50H34N2. The van der Waals surface area contributed by atoms with Crippen LogP contribution in [0.2, 0.25) is 0 Å². The lowest BCUT2D eigenvalue weighted by atomic mass is 9.94. The molecule has 0 aliphatic carbocycles. The molecule has 0 saturated heterocycles. The van der Waals surface area contributed by atoms with E-state index >= 15 is 0 Å². The maximum absolute atomic E-state index is 2.40. The molecule has 0 N–H and O–H groups in total. The second-order valence-corrected chi connectivity index (χ2v) is 13.4. The molecule has 0 spiro atoms. The first-order valence-electron chi connectivity index (χ1n) is 17.9. The third-order valence-corrected chi connectivity index (χ3v) is 10.4. The van der Waals surface area contributed by atoms with Crippen LogP contribution in [0.3, 0.4) is 0 Å². The Hall–Kier alpha value is -6.90. The highest BCUT2D eigenvalue weighted by Gasteiger charge is 2.19. The zero-order valence-corrected chi connectivity index (χ0v) is 28.5. The summed E-state index contributed by atoms with van der Waals surface area (Å²) < 4.78 is 2.40. The number of benzene rings is 9. The van der Waals surface area contributed by atoms with E-state index in [0.717, 1.165) is 17.1 Å². The van der Waals surface area contributed by atoms with Crippen LogP contribution in [-0.4, -0.2) is 4.57 Å². The highest BCUT2D eigenvalue weighted by atomic mass is 15.1. The van der Waals surface area contributed by atoms with E-state index in [0.29, 0.717) is 0 Å². The molecule has 0 fully saturated rings. The number of para-hydroxylation sites is 1. The Kier molecular flexibility index (Phi) is 7.18. The molecule has 0 amide bonds. The summed E-state index contributed by atoms with van der Waals surface area (Å²) in [7, 11) is 0. The van der Waals surface area contributed by atoms with Gasteiger partial charge in [0.15, 0.2) is 0 Å². The first-order chi connectivity index (χ1) is 25.8. The van der Waals surface area contributed by atoms with E-state index in [2.05, 4.69) is 216 Å². The SMILES string of the molecule is c1ccc(-c2ccc(N(c3ccc(-c4ccccc4)cc3)c3ccc(-c4ccc5c6c4ccc4cccc(c46)n5-c4ccccc4)cc3)cc2)cc1. The molecule has 10 aromatic rings. The normalized spacial score (nSPS) is 11.5. The molecule has 9 aromatic carbocycles. The third kappa shape index (κ3) is 5.04. The quantitative estimate of drug-likeness (QED) is 0.154. The second-order valence-electron chi connectivity index (χ2n) is 13.4. The standard InChI is InChI=1S/C50H34N2/c1-4-11-35(12-5-1)37-19-26-42(27-20-37)51(43-28-21-38(22-29-43)36-13-6-2-7-14-36)44-30-23-39(24-31-44)45-33-34-48-50-46(45)32-25-40-15-10-18-47(49(40)50)52(48)41-16-8-3-9-17-41/h1-34H. The van der Waals surface area contributed by atoms with E-state index in [1.54, 1.807) is 0 Å². The molecule has 0 bridgehead atoms. The van der Waals surface area contributed by atoms with Crippen LogP contribution in [0.25, 0.3) is 71.6 Å². The molecule has 0 radical (unpaired) electrons. The molecule has 52 heavy (non-hydrogen) atoms. The molecule has 1 aromatic heterocycles. The summed E-state index contributed by atoms with van der Waals surface area (Å²) in [5, 5.41) is 5.18. The van der Waals surface area contributed by atoms with Crippen molar-refractivity contribution in [1.82, 2.24) is 4.57 Å². The summed E-state index contributed by atoms with van der Waals surface area (Å²) in [6.07, 6.45) is 0. The van der Waals surface area contributed by atoms with Crippen molar-refractivity contribution < 1.29 is 0 Å². The average Bonchev–Trinajstić information content (AvgIpc) is 3.57. The van der Waals surface area contributed by atoms with Gasteiger partial charge in [0, 0.05) is 33.5 Å². The van der Waals surface area contributed by atoms with Gasteiger partial charge in [-0.1, -0.05) is 146 Å². The molecular weight excluding hydrogens is 629 g/mol. The Morgan fingerprint density at radius 2 is 0.788 bits per heavy atom. The van der Waals surface area contributed by atoms with Crippen LogP contribution in [0.1, 0.15) is 0 Å². The van der Waals surface area contributed by atoms with Gasteiger partial charge in [-0.2, -0.15) is 0 Å². The summed E-state index contributed by atoms with van der Waals surface area (Å²) in [5.41, 5.74) is 14.3. The number of aromatic nitrogens is 1. The molecule has 244 valence electrons. The molecule has 0 unspecified atom stereocenters. The van der Waals surface area contributed by atoms with Gasteiger partial charge in [0.05, 0.1) is 11.0 Å². The fourth-order valence-corrected chi connectivity index (χ4v) is 7.90. The van der Waals surface area contributed by atoms with Gasteiger partial charge in [-0.3, -0.25) is 0 Å². The summed E-state index contributed by atoms with van der Waals surface area (Å²) in [4.78, 5) is 2.35. The van der Waals surface area contributed by atoms with Crippen molar-refractivity contribution in [3.8, 4) is 39.1 Å². The van der Waals surface area contributed by atoms with E-state index in [9.17, 15) is 0 Å². The predicted molar refractivity (Wildman–Crippen MR) is 220 cm³/mol. The summed E-state index contributed by atoms with van der Waals surface area (Å²) >= 11 is 0. The van der Waals surface area contributed by atoms with Crippen molar-refractivity contribution in [2.75, 3.05) is 4.90 Å². The van der Waals surface area contributed by atoms with Crippen LogP contribution in [0.4, 0.5) is 17.1 Å². The maximum Gasteiger partial charge on any atom is 0.0547 e. The molecule has 0 atom stereocenters. The minimum Gasteiger partial charge on any atom is -0.311 e. The monoisotopic (exact) mass is 662 g/mol. The first-order valence-corrected chi connectivity index (χ1v) is 17.9. The van der Waals surface area contributed by atoms with Crippen molar-refractivity contribution >= 4 is 49.6 Å². The van der Waals surface area contributed by atoms with Crippen LogP contribution in [-0.2, 0) is 0 Å². The van der Waals surface area contributed by atoms with Gasteiger partial charge in [-0.15, -0.1) is 0 Å². The molecule has 0 aliphatic heterocycles. The van der Waals surface area contributed by atoms with Crippen LogP contribution < -0.4 is 4.90 Å². The fraction of sp³-hybridized carbons (Fsp3) is 0. The highest BCUT2D eigenvalue weighted by Crippen LogP contribution is 2.43. The molecule has 0 saturated carbocycles. The zero-order valence-electron chi connectivity index (χ0n) is 28.5. The maximum atomic E-state index is 2.40. The lowest BCUT2D eigenvalue weighted by molar-refractivity contribution is 1.18. The third-order valence-electron chi connectivity index (χ3n) is 10.4. The largest absolute Gasteiger partial charge is 0.311 e. The van der Waals surface area contributed by atoms with Crippen molar-refractivity contribution in [3.05, 3.63) is 206 Å². The Balaban J connectivity index is 1.07. The summed E-state index contributed by atoms with van der Waals surface area (Å²) in [5.74, 6) is 0. The minimum absolute atomic E-state index is 1.11. The van der Waals surface area contributed by atoms with E-state index in [4.69, 9.17) is 0 Å². The number of anilines is 3. The summed E-state index contributed by atoms with van der Waals surface area (Å²) in [6, 6.07) is 74.5. The fourth-order valence-electron chi connectivity index (χ4n) is 7.90. The number of hydrogen-bond donors (Lipinski definition) is 0. The van der Waals surface area contributed by atoms with Crippen LogP contribution >= 0.6 is 0 Å². The first kappa shape index (κ1) is 30.0. The van der Waals surface area contributed by atoms with Gasteiger partial charge >= 0.3 is 0 Å². The number of hydrogen-bond acceptors (Lipinski definition) is 1. The number of nitrogens with zero attached hydrogens (tertiary/aromatic N) is 2. The molecule has 0 aliphatic rings.